The molecule has 0 heterocycles. The normalized spacial score (nSPS) is 11.1. The fraction of sp³-hybridized carbons (Fsp3) is 0.500. The lowest BCUT2D eigenvalue weighted by molar-refractivity contribution is -0.149. The quantitative estimate of drug-likeness (QED) is 0.859. The number of esters is 1. The molecule has 4 nitrogen and oxygen atoms in total. The van der Waals surface area contributed by atoms with Gasteiger partial charge in [0.05, 0.1) is 13.5 Å². The lowest BCUT2D eigenvalue weighted by Gasteiger charge is -2.23. The van der Waals surface area contributed by atoms with E-state index in [4.69, 9.17) is 0 Å². The lowest BCUT2D eigenvalue weighted by atomic mass is 9.96. The molecule has 4 heteroatoms. The van der Waals surface area contributed by atoms with Crippen molar-refractivity contribution in [2.75, 3.05) is 7.11 Å². The van der Waals surface area contributed by atoms with Crippen molar-refractivity contribution in [1.82, 2.24) is 5.32 Å². The Morgan fingerprint density at radius 3 is 2.10 bits per heavy atom. The van der Waals surface area contributed by atoms with Gasteiger partial charge < -0.3 is 10.1 Å². The monoisotopic (exact) mass is 277 g/mol. The maximum atomic E-state index is 12.1. The average Bonchev–Trinajstić information content (AvgIpc) is 2.32. The third-order valence-corrected chi connectivity index (χ3v) is 3.33. The third-order valence-electron chi connectivity index (χ3n) is 3.33. The number of carbonyl (C=O) groups is 2. The molecule has 1 amide bonds. The van der Waals surface area contributed by atoms with Crippen LogP contribution in [-0.4, -0.2) is 24.5 Å². The van der Waals surface area contributed by atoms with Crippen molar-refractivity contribution in [3.63, 3.8) is 0 Å². The molecule has 0 aliphatic heterocycles. The number of methoxy groups -OCH3 is 1. The van der Waals surface area contributed by atoms with Crippen molar-refractivity contribution < 1.29 is 14.3 Å². The number of amides is 1. The van der Waals surface area contributed by atoms with Gasteiger partial charge in [-0.2, -0.15) is 0 Å². The van der Waals surface area contributed by atoms with E-state index in [1.807, 2.05) is 20.8 Å². The first-order chi connectivity index (χ1) is 9.17. The second kappa shape index (κ2) is 6.07. The van der Waals surface area contributed by atoms with Gasteiger partial charge in [-0.05, 0) is 51.3 Å². The molecule has 0 radical (unpaired) electrons. The van der Waals surface area contributed by atoms with E-state index in [-0.39, 0.29) is 12.3 Å². The standard InChI is InChI=1S/C16H23NO3/c1-10-7-11(2)13(12(3)8-10)9-14(18)17-16(4,5)15(19)20-6/h7-8H,9H2,1-6H3,(H,17,18). The van der Waals surface area contributed by atoms with Crippen molar-refractivity contribution >= 4 is 11.9 Å². The number of ether oxygens (including phenoxy) is 1. The topological polar surface area (TPSA) is 55.4 Å². The van der Waals surface area contributed by atoms with Gasteiger partial charge in [-0.25, -0.2) is 4.79 Å². The minimum atomic E-state index is -1.02. The summed E-state index contributed by atoms with van der Waals surface area (Å²) in [5.41, 5.74) is 3.35. The Morgan fingerprint density at radius 1 is 1.15 bits per heavy atom. The average molecular weight is 277 g/mol. The highest BCUT2D eigenvalue weighted by Crippen LogP contribution is 2.17. The van der Waals surface area contributed by atoms with Crippen LogP contribution in [0.1, 0.15) is 36.1 Å². The van der Waals surface area contributed by atoms with Crippen LogP contribution in [-0.2, 0) is 20.7 Å². The van der Waals surface area contributed by atoms with Gasteiger partial charge >= 0.3 is 5.97 Å². The highest BCUT2D eigenvalue weighted by Gasteiger charge is 2.30. The van der Waals surface area contributed by atoms with Gasteiger partial charge in [-0.15, -0.1) is 0 Å². The Morgan fingerprint density at radius 2 is 1.65 bits per heavy atom. The van der Waals surface area contributed by atoms with Crippen LogP contribution in [0.5, 0.6) is 0 Å². The highest BCUT2D eigenvalue weighted by atomic mass is 16.5. The fourth-order valence-electron chi connectivity index (χ4n) is 2.35. The van der Waals surface area contributed by atoms with Crippen LogP contribution in [0.2, 0.25) is 0 Å². The number of hydrogen-bond acceptors (Lipinski definition) is 3. The SMILES string of the molecule is COC(=O)C(C)(C)NC(=O)Cc1c(C)cc(C)cc1C. The molecular weight excluding hydrogens is 254 g/mol. The molecule has 1 aromatic rings. The summed E-state index contributed by atoms with van der Waals surface area (Å²) in [5, 5.41) is 2.71. The van der Waals surface area contributed by atoms with E-state index in [0.29, 0.717) is 0 Å². The number of hydrogen-bond donors (Lipinski definition) is 1. The zero-order chi connectivity index (χ0) is 15.5. The van der Waals surface area contributed by atoms with E-state index >= 15 is 0 Å². The molecule has 20 heavy (non-hydrogen) atoms. The summed E-state index contributed by atoms with van der Waals surface area (Å²) >= 11 is 0. The third kappa shape index (κ3) is 3.83. The first-order valence-corrected chi connectivity index (χ1v) is 6.63. The molecule has 0 unspecified atom stereocenters. The van der Waals surface area contributed by atoms with Crippen LogP contribution in [0.25, 0.3) is 0 Å². The zero-order valence-corrected chi connectivity index (χ0v) is 13.1. The van der Waals surface area contributed by atoms with E-state index in [1.54, 1.807) is 13.8 Å². The molecule has 110 valence electrons. The zero-order valence-electron chi connectivity index (χ0n) is 13.1. The maximum Gasteiger partial charge on any atom is 0.330 e. The van der Waals surface area contributed by atoms with Crippen LogP contribution in [0.4, 0.5) is 0 Å². The van der Waals surface area contributed by atoms with Crippen LogP contribution in [0.3, 0.4) is 0 Å². The van der Waals surface area contributed by atoms with Gasteiger partial charge in [-0.3, -0.25) is 4.79 Å². The van der Waals surface area contributed by atoms with E-state index in [9.17, 15) is 9.59 Å². The second-order valence-electron chi connectivity index (χ2n) is 5.72. The number of nitrogens with one attached hydrogen (secondary N) is 1. The van der Waals surface area contributed by atoms with Crippen molar-refractivity contribution in [1.29, 1.82) is 0 Å². The molecule has 0 aliphatic rings. The fourth-order valence-corrected chi connectivity index (χ4v) is 2.35. The molecule has 0 fully saturated rings. The predicted molar refractivity (Wildman–Crippen MR) is 78.6 cm³/mol. The summed E-state index contributed by atoms with van der Waals surface area (Å²) in [6.07, 6.45) is 0.262. The van der Waals surface area contributed by atoms with Crippen molar-refractivity contribution in [3.05, 3.63) is 34.4 Å². The summed E-state index contributed by atoms with van der Waals surface area (Å²) in [5.74, 6) is -0.640. The Labute approximate surface area is 120 Å². The molecule has 1 aromatic carbocycles. The molecule has 0 aliphatic carbocycles. The maximum absolute atomic E-state index is 12.1. The number of benzene rings is 1. The van der Waals surface area contributed by atoms with Crippen LogP contribution in [0, 0.1) is 20.8 Å². The van der Waals surface area contributed by atoms with Gasteiger partial charge in [0.1, 0.15) is 5.54 Å². The smallest absolute Gasteiger partial charge is 0.330 e. The predicted octanol–water partition coefficient (Wildman–Crippen LogP) is 2.22. The molecule has 0 saturated heterocycles. The molecular formula is C16H23NO3. The number of carbonyl (C=O) groups excluding carboxylic acids is 2. The van der Waals surface area contributed by atoms with Gasteiger partial charge in [0.2, 0.25) is 5.91 Å². The summed E-state index contributed by atoms with van der Waals surface area (Å²) in [6, 6.07) is 4.11. The van der Waals surface area contributed by atoms with Crippen molar-refractivity contribution in [2.45, 2.75) is 46.6 Å². The van der Waals surface area contributed by atoms with E-state index in [1.165, 1.54) is 12.7 Å². The van der Waals surface area contributed by atoms with E-state index < -0.39 is 11.5 Å². The molecule has 0 bridgehead atoms. The van der Waals surface area contributed by atoms with E-state index in [0.717, 1.165) is 16.7 Å². The van der Waals surface area contributed by atoms with Crippen LogP contribution < -0.4 is 5.32 Å². The molecule has 0 spiro atoms. The first kappa shape index (κ1) is 16.2. The first-order valence-electron chi connectivity index (χ1n) is 6.63. The van der Waals surface area contributed by atoms with Crippen molar-refractivity contribution in [2.24, 2.45) is 0 Å². The lowest BCUT2D eigenvalue weighted by Crippen LogP contribution is -2.50. The van der Waals surface area contributed by atoms with Gasteiger partial charge in [0, 0.05) is 0 Å². The number of aryl methyl sites for hydroxylation is 3. The number of rotatable bonds is 4. The summed E-state index contributed by atoms with van der Waals surface area (Å²) in [4.78, 5) is 23.7. The Kier molecular flexibility index (Phi) is 4.93. The highest BCUT2D eigenvalue weighted by molar-refractivity contribution is 5.88. The molecule has 0 aromatic heterocycles. The van der Waals surface area contributed by atoms with Crippen LogP contribution in [0.15, 0.2) is 12.1 Å². The molecule has 0 atom stereocenters. The summed E-state index contributed by atoms with van der Waals surface area (Å²) in [7, 11) is 1.31. The van der Waals surface area contributed by atoms with Crippen molar-refractivity contribution in [3.8, 4) is 0 Å². The summed E-state index contributed by atoms with van der Waals surface area (Å²) in [6.45, 7) is 9.28. The van der Waals surface area contributed by atoms with Crippen LogP contribution >= 0.6 is 0 Å². The van der Waals surface area contributed by atoms with Gasteiger partial charge in [-0.1, -0.05) is 17.7 Å². The van der Waals surface area contributed by atoms with Gasteiger partial charge in [0.25, 0.3) is 0 Å². The minimum absolute atomic E-state index is 0.185. The molecule has 0 saturated carbocycles. The largest absolute Gasteiger partial charge is 0.467 e. The molecule has 1 rings (SSSR count). The Hall–Kier alpha value is -1.84. The van der Waals surface area contributed by atoms with E-state index in [2.05, 4.69) is 22.2 Å². The summed E-state index contributed by atoms with van der Waals surface area (Å²) < 4.78 is 4.68. The Balaban J connectivity index is 2.85. The molecule has 1 N–H and O–H groups in total. The second-order valence-corrected chi connectivity index (χ2v) is 5.72. The Bertz CT molecular complexity index is 510. The van der Waals surface area contributed by atoms with Gasteiger partial charge in [0.15, 0.2) is 0 Å². The minimum Gasteiger partial charge on any atom is -0.467 e.